The van der Waals surface area contributed by atoms with E-state index in [1.165, 1.54) is 12.1 Å². The van der Waals surface area contributed by atoms with E-state index in [0.717, 1.165) is 31.5 Å². The fraction of sp³-hybridized carbons (Fsp3) is 0.556. The summed E-state index contributed by atoms with van der Waals surface area (Å²) in [7, 11) is 2.05. The number of nitrogens with zero attached hydrogens (tertiary/aromatic N) is 2. The molecule has 0 saturated carbocycles. The smallest absolute Gasteiger partial charge is 0.239 e. The van der Waals surface area contributed by atoms with Gasteiger partial charge in [-0.3, -0.25) is 9.59 Å². The van der Waals surface area contributed by atoms with Crippen molar-refractivity contribution in [3.05, 3.63) is 35.6 Å². The van der Waals surface area contributed by atoms with Gasteiger partial charge in [0.2, 0.25) is 11.8 Å². The summed E-state index contributed by atoms with van der Waals surface area (Å²) in [6, 6.07) is 6.49. The average molecular weight is 333 g/mol. The second-order valence-corrected chi connectivity index (χ2v) is 6.97. The largest absolute Gasteiger partial charge is 0.353 e. The third-order valence-corrected chi connectivity index (χ3v) is 5.15. The van der Waals surface area contributed by atoms with E-state index in [9.17, 15) is 14.0 Å². The molecule has 2 aliphatic rings. The molecule has 1 aromatic rings. The minimum absolute atomic E-state index is 0.0368. The van der Waals surface area contributed by atoms with Crippen LogP contribution in [-0.2, 0) is 16.0 Å². The fourth-order valence-corrected chi connectivity index (χ4v) is 3.70. The number of benzene rings is 1. The van der Waals surface area contributed by atoms with Crippen LogP contribution in [0.3, 0.4) is 0 Å². The molecule has 0 spiro atoms. The monoisotopic (exact) mass is 333 g/mol. The van der Waals surface area contributed by atoms with Gasteiger partial charge in [-0.15, -0.1) is 0 Å². The molecule has 2 amide bonds. The number of rotatable bonds is 3. The zero-order valence-corrected chi connectivity index (χ0v) is 14.1. The van der Waals surface area contributed by atoms with Crippen LogP contribution in [0.5, 0.6) is 0 Å². The molecule has 0 atom stereocenters. The molecule has 130 valence electrons. The van der Waals surface area contributed by atoms with Gasteiger partial charge in [-0.1, -0.05) is 12.1 Å². The number of carbonyl (C=O) groups is 2. The summed E-state index contributed by atoms with van der Waals surface area (Å²) < 4.78 is 13.6. The minimum Gasteiger partial charge on any atom is -0.353 e. The van der Waals surface area contributed by atoms with Gasteiger partial charge in [-0.05, 0) is 57.1 Å². The quantitative estimate of drug-likeness (QED) is 0.899. The Morgan fingerprint density at radius 1 is 1.29 bits per heavy atom. The normalized spacial score (nSPS) is 21.4. The molecule has 3 rings (SSSR count). The molecule has 2 aliphatic heterocycles. The van der Waals surface area contributed by atoms with Crippen LogP contribution in [0.25, 0.3) is 0 Å². The van der Waals surface area contributed by atoms with E-state index in [0.29, 0.717) is 19.5 Å². The Morgan fingerprint density at radius 3 is 2.71 bits per heavy atom. The van der Waals surface area contributed by atoms with Crippen LogP contribution in [0.1, 0.15) is 18.4 Å². The van der Waals surface area contributed by atoms with Crippen molar-refractivity contribution in [2.24, 2.45) is 5.41 Å². The molecule has 2 saturated heterocycles. The van der Waals surface area contributed by atoms with Crippen LogP contribution < -0.4 is 5.32 Å². The highest BCUT2D eigenvalue weighted by Crippen LogP contribution is 2.37. The van der Waals surface area contributed by atoms with Crippen molar-refractivity contribution in [2.45, 2.75) is 19.3 Å². The molecule has 1 N–H and O–H groups in total. The highest BCUT2D eigenvalue weighted by Gasteiger charge is 2.43. The molecule has 0 bridgehead atoms. The summed E-state index contributed by atoms with van der Waals surface area (Å²) in [5, 5.41) is 2.76. The van der Waals surface area contributed by atoms with Crippen molar-refractivity contribution in [1.82, 2.24) is 15.1 Å². The summed E-state index contributed by atoms with van der Waals surface area (Å²) in [6.45, 7) is 2.84. The maximum Gasteiger partial charge on any atom is 0.239 e. The van der Waals surface area contributed by atoms with E-state index in [1.54, 1.807) is 11.0 Å². The van der Waals surface area contributed by atoms with Crippen LogP contribution in [0.15, 0.2) is 24.3 Å². The molecular weight excluding hydrogens is 309 g/mol. The molecule has 0 aromatic heterocycles. The van der Waals surface area contributed by atoms with E-state index in [-0.39, 0.29) is 24.2 Å². The van der Waals surface area contributed by atoms with Crippen molar-refractivity contribution in [3.8, 4) is 0 Å². The van der Waals surface area contributed by atoms with E-state index >= 15 is 0 Å². The molecule has 0 aliphatic carbocycles. The highest BCUT2D eigenvalue weighted by molar-refractivity contribution is 5.89. The number of halogens is 1. The predicted molar refractivity (Wildman–Crippen MR) is 88.9 cm³/mol. The Balaban J connectivity index is 1.84. The zero-order chi connectivity index (χ0) is 17.2. The topological polar surface area (TPSA) is 52.7 Å². The number of hydrogen-bond acceptors (Lipinski definition) is 3. The second-order valence-electron chi connectivity index (χ2n) is 6.97. The summed E-state index contributed by atoms with van der Waals surface area (Å²) in [5.74, 6) is -0.349. The van der Waals surface area contributed by atoms with Crippen LogP contribution in [0.2, 0.25) is 0 Å². The molecule has 2 heterocycles. The van der Waals surface area contributed by atoms with E-state index in [2.05, 4.69) is 10.2 Å². The first-order valence-electron chi connectivity index (χ1n) is 8.48. The van der Waals surface area contributed by atoms with Crippen LogP contribution >= 0.6 is 0 Å². The van der Waals surface area contributed by atoms with E-state index < -0.39 is 5.41 Å². The van der Waals surface area contributed by atoms with Gasteiger partial charge in [0, 0.05) is 13.1 Å². The number of likely N-dealkylation sites (tertiary alicyclic amines) is 1. The lowest BCUT2D eigenvalue weighted by atomic mass is 9.72. The van der Waals surface area contributed by atoms with E-state index in [4.69, 9.17) is 0 Å². The molecule has 2 fully saturated rings. The van der Waals surface area contributed by atoms with Crippen LogP contribution in [-0.4, -0.2) is 61.4 Å². The van der Waals surface area contributed by atoms with Gasteiger partial charge in [-0.25, -0.2) is 4.39 Å². The first-order valence-corrected chi connectivity index (χ1v) is 8.48. The lowest BCUT2D eigenvalue weighted by Gasteiger charge is -2.43. The number of piperazine rings is 1. The number of piperidine rings is 1. The molecule has 5 nitrogen and oxygen atoms in total. The van der Waals surface area contributed by atoms with Gasteiger partial charge in [0.25, 0.3) is 0 Å². The Bertz CT molecular complexity index is 626. The Kier molecular flexibility index (Phi) is 4.85. The molecule has 24 heavy (non-hydrogen) atoms. The summed E-state index contributed by atoms with van der Waals surface area (Å²) in [4.78, 5) is 28.8. The zero-order valence-electron chi connectivity index (χ0n) is 14.1. The van der Waals surface area contributed by atoms with Crippen molar-refractivity contribution >= 4 is 11.8 Å². The Labute approximate surface area is 141 Å². The van der Waals surface area contributed by atoms with Gasteiger partial charge in [0.15, 0.2) is 0 Å². The maximum absolute atomic E-state index is 13.6. The van der Waals surface area contributed by atoms with Crippen molar-refractivity contribution in [2.75, 3.05) is 39.8 Å². The lowest BCUT2D eigenvalue weighted by molar-refractivity contribution is -0.149. The predicted octanol–water partition coefficient (Wildman–Crippen LogP) is 1.04. The Hall–Kier alpha value is -1.95. The number of amides is 2. The first kappa shape index (κ1) is 16.9. The van der Waals surface area contributed by atoms with Crippen LogP contribution in [0.4, 0.5) is 4.39 Å². The fourth-order valence-electron chi connectivity index (χ4n) is 3.70. The third kappa shape index (κ3) is 3.59. The Morgan fingerprint density at radius 2 is 2.04 bits per heavy atom. The summed E-state index contributed by atoms with van der Waals surface area (Å²) >= 11 is 0. The van der Waals surface area contributed by atoms with Crippen LogP contribution in [0, 0.1) is 11.2 Å². The SMILES string of the molecule is CN1CCC(Cc2cccc(F)c2)(C(=O)N2CCNC(=O)C2)CC1. The summed E-state index contributed by atoms with van der Waals surface area (Å²) in [6.07, 6.45) is 1.99. The first-order chi connectivity index (χ1) is 11.5. The van der Waals surface area contributed by atoms with Crippen molar-refractivity contribution in [1.29, 1.82) is 0 Å². The highest BCUT2D eigenvalue weighted by atomic mass is 19.1. The van der Waals surface area contributed by atoms with Gasteiger partial charge in [0.05, 0.1) is 12.0 Å². The minimum atomic E-state index is -0.544. The standard InChI is InChI=1S/C18H24FN3O2/c1-21-8-5-18(6-9-21,12-14-3-2-4-15(19)11-14)17(24)22-10-7-20-16(23)13-22/h2-4,11H,5-10,12-13H2,1H3,(H,20,23). The average Bonchev–Trinajstić information content (AvgIpc) is 2.56. The molecular formula is C18H24FN3O2. The summed E-state index contributed by atoms with van der Waals surface area (Å²) in [5.41, 5.74) is 0.298. The molecule has 6 heteroatoms. The van der Waals surface area contributed by atoms with Gasteiger partial charge >= 0.3 is 0 Å². The van der Waals surface area contributed by atoms with Gasteiger partial charge in [-0.2, -0.15) is 0 Å². The molecule has 0 radical (unpaired) electrons. The number of hydrogen-bond donors (Lipinski definition) is 1. The maximum atomic E-state index is 13.6. The second kappa shape index (κ2) is 6.89. The van der Waals surface area contributed by atoms with Gasteiger partial charge in [0.1, 0.15) is 5.82 Å². The van der Waals surface area contributed by atoms with Crippen molar-refractivity contribution < 1.29 is 14.0 Å². The lowest BCUT2D eigenvalue weighted by Crippen LogP contribution is -2.56. The third-order valence-electron chi connectivity index (χ3n) is 5.15. The molecule has 1 aromatic carbocycles. The van der Waals surface area contributed by atoms with Gasteiger partial charge < -0.3 is 15.1 Å². The number of carbonyl (C=O) groups excluding carboxylic acids is 2. The van der Waals surface area contributed by atoms with Crippen molar-refractivity contribution in [3.63, 3.8) is 0 Å². The number of nitrogens with one attached hydrogen (secondary N) is 1. The molecule has 0 unspecified atom stereocenters. The van der Waals surface area contributed by atoms with E-state index in [1.807, 2.05) is 13.1 Å².